The zero-order valence-electron chi connectivity index (χ0n) is 19.6. The van der Waals surface area contributed by atoms with Gasteiger partial charge in [-0.05, 0) is 152 Å². The summed E-state index contributed by atoms with van der Waals surface area (Å²) < 4.78 is 0. The average molecular weight is 417 g/mol. The minimum Gasteiger partial charge on any atom is -0.389 e. The van der Waals surface area contributed by atoms with Crippen molar-refractivity contribution in [2.24, 2.45) is 23.2 Å². The van der Waals surface area contributed by atoms with E-state index in [4.69, 9.17) is 0 Å². The van der Waals surface area contributed by atoms with Gasteiger partial charge >= 0.3 is 0 Å². The van der Waals surface area contributed by atoms with Crippen molar-refractivity contribution in [3.63, 3.8) is 0 Å². The SMILES string of the molecule is OC(CCCN1CCCCC1)(CCCN1CCCCC1)C12CC3CC(CC(C3)C1)C2. The van der Waals surface area contributed by atoms with E-state index in [0.717, 1.165) is 30.6 Å². The topological polar surface area (TPSA) is 26.7 Å². The Labute approximate surface area is 186 Å². The Morgan fingerprint density at radius 2 is 1.03 bits per heavy atom. The van der Waals surface area contributed by atoms with Gasteiger partial charge in [0.05, 0.1) is 5.60 Å². The molecule has 6 fully saturated rings. The van der Waals surface area contributed by atoms with Crippen LogP contribution in [0, 0.1) is 23.2 Å². The molecule has 0 amide bonds. The molecule has 0 radical (unpaired) electrons. The lowest BCUT2D eigenvalue weighted by atomic mass is 9.44. The van der Waals surface area contributed by atoms with Crippen molar-refractivity contribution in [3.8, 4) is 0 Å². The quantitative estimate of drug-likeness (QED) is 0.540. The monoisotopic (exact) mass is 416 g/mol. The normalized spacial score (nSPS) is 37.7. The van der Waals surface area contributed by atoms with E-state index < -0.39 is 5.60 Å². The van der Waals surface area contributed by atoms with Crippen molar-refractivity contribution >= 4 is 0 Å². The molecule has 1 N–H and O–H groups in total. The van der Waals surface area contributed by atoms with E-state index in [0.29, 0.717) is 0 Å². The first-order chi connectivity index (χ1) is 14.6. The van der Waals surface area contributed by atoms with Crippen molar-refractivity contribution < 1.29 is 5.11 Å². The van der Waals surface area contributed by atoms with Crippen molar-refractivity contribution in [3.05, 3.63) is 0 Å². The molecule has 4 bridgehead atoms. The van der Waals surface area contributed by atoms with Gasteiger partial charge in [-0.1, -0.05) is 12.8 Å². The lowest BCUT2D eigenvalue weighted by Gasteiger charge is -2.62. The molecule has 30 heavy (non-hydrogen) atoms. The predicted molar refractivity (Wildman–Crippen MR) is 125 cm³/mol. The Morgan fingerprint density at radius 3 is 1.43 bits per heavy atom. The summed E-state index contributed by atoms with van der Waals surface area (Å²) in [6.45, 7) is 7.63. The summed E-state index contributed by atoms with van der Waals surface area (Å²) in [5.41, 5.74) is -0.125. The molecule has 2 aliphatic heterocycles. The van der Waals surface area contributed by atoms with Gasteiger partial charge in [-0.2, -0.15) is 0 Å². The summed E-state index contributed by atoms with van der Waals surface area (Å²) >= 11 is 0. The second-order valence-corrected chi connectivity index (χ2v) is 12.2. The molecular formula is C27H48N2O. The van der Waals surface area contributed by atoms with Gasteiger partial charge in [0, 0.05) is 0 Å². The summed E-state index contributed by atoms with van der Waals surface area (Å²) in [5, 5.41) is 12.4. The van der Waals surface area contributed by atoms with Crippen LogP contribution in [-0.4, -0.2) is 59.8 Å². The third kappa shape index (κ3) is 4.64. The van der Waals surface area contributed by atoms with Crippen molar-refractivity contribution in [1.29, 1.82) is 0 Å². The third-order valence-corrected chi connectivity index (χ3v) is 10.1. The zero-order valence-corrected chi connectivity index (χ0v) is 19.6. The Balaban J connectivity index is 1.23. The smallest absolute Gasteiger partial charge is 0.0705 e. The first-order valence-electron chi connectivity index (χ1n) is 13.8. The first-order valence-corrected chi connectivity index (χ1v) is 13.8. The molecule has 2 saturated heterocycles. The van der Waals surface area contributed by atoms with Gasteiger partial charge in [-0.3, -0.25) is 0 Å². The van der Waals surface area contributed by atoms with E-state index in [2.05, 4.69) is 9.80 Å². The molecule has 0 aromatic heterocycles. The Hall–Kier alpha value is -0.120. The van der Waals surface area contributed by atoms with Crippen LogP contribution in [0.5, 0.6) is 0 Å². The molecular weight excluding hydrogens is 368 g/mol. The second kappa shape index (κ2) is 9.40. The molecule has 0 spiro atoms. The number of likely N-dealkylation sites (tertiary alicyclic amines) is 2. The van der Waals surface area contributed by atoms with Crippen LogP contribution in [0.1, 0.15) is 103 Å². The molecule has 0 aromatic rings. The van der Waals surface area contributed by atoms with Crippen LogP contribution < -0.4 is 0 Å². The standard InChI is InChI=1S/C27H48N2O/c30-27(9-7-15-28-11-3-1-4-12-28,10-8-16-29-13-5-2-6-14-29)26-20-23-17-24(21-26)19-25(18-23)22-26/h23-25,30H,1-22H2. The number of rotatable bonds is 9. The van der Waals surface area contributed by atoms with Gasteiger partial charge in [-0.15, -0.1) is 0 Å². The van der Waals surface area contributed by atoms with E-state index in [1.807, 2.05) is 0 Å². The van der Waals surface area contributed by atoms with Gasteiger partial charge in [0.15, 0.2) is 0 Å². The van der Waals surface area contributed by atoms with Gasteiger partial charge < -0.3 is 14.9 Å². The van der Waals surface area contributed by atoms with Gasteiger partial charge in [0.1, 0.15) is 0 Å². The number of aliphatic hydroxyl groups is 1. The van der Waals surface area contributed by atoms with E-state index in [1.165, 1.54) is 129 Å². The van der Waals surface area contributed by atoms with Crippen LogP contribution in [-0.2, 0) is 0 Å². The molecule has 4 saturated carbocycles. The minimum atomic E-state index is -0.394. The Morgan fingerprint density at radius 1 is 0.633 bits per heavy atom. The maximum atomic E-state index is 12.4. The molecule has 0 aromatic carbocycles. The van der Waals surface area contributed by atoms with Crippen LogP contribution in [0.15, 0.2) is 0 Å². The molecule has 0 atom stereocenters. The largest absolute Gasteiger partial charge is 0.389 e. The molecule has 172 valence electrons. The molecule has 6 rings (SSSR count). The highest BCUT2D eigenvalue weighted by Crippen LogP contribution is 2.65. The van der Waals surface area contributed by atoms with Gasteiger partial charge in [0.25, 0.3) is 0 Å². The summed E-state index contributed by atoms with van der Waals surface area (Å²) in [6.07, 6.45) is 21.4. The van der Waals surface area contributed by atoms with Crippen LogP contribution in [0.25, 0.3) is 0 Å². The van der Waals surface area contributed by atoms with E-state index in [-0.39, 0.29) is 5.41 Å². The number of nitrogens with zero attached hydrogens (tertiary/aromatic N) is 2. The third-order valence-electron chi connectivity index (χ3n) is 10.1. The molecule has 3 heteroatoms. The molecule has 2 heterocycles. The molecule has 6 aliphatic rings. The van der Waals surface area contributed by atoms with Crippen LogP contribution in [0.4, 0.5) is 0 Å². The van der Waals surface area contributed by atoms with Crippen LogP contribution in [0.2, 0.25) is 0 Å². The fraction of sp³-hybridized carbons (Fsp3) is 1.00. The molecule has 3 nitrogen and oxygen atoms in total. The van der Waals surface area contributed by atoms with Gasteiger partial charge in [-0.25, -0.2) is 0 Å². The average Bonchev–Trinajstić information content (AvgIpc) is 2.74. The van der Waals surface area contributed by atoms with Gasteiger partial charge in [0.2, 0.25) is 0 Å². The molecule has 4 aliphatic carbocycles. The van der Waals surface area contributed by atoms with Crippen molar-refractivity contribution in [1.82, 2.24) is 9.80 Å². The Bertz CT molecular complexity index is 490. The number of piperidine rings is 2. The zero-order chi connectivity index (χ0) is 20.4. The van der Waals surface area contributed by atoms with Crippen molar-refractivity contribution in [2.75, 3.05) is 39.3 Å². The fourth-order valence-electron chi connectivity index (χ4n) is 8.89. The Kier molecular flexibility index (Phi) is 6.80. The molecule has 0 unspecified atom stereocenters. The predicted octanol–water partition coefficient (Wildman–Crippen LogP) is 5.47. The lowest BCUT2D eigenvalue weighted by Crippen LogP contribution is -2.58. The highest BCUT2D eigenvalue weighted by molar-refractivity contribution is 5.10. The highest BCUT2D eigenvalue weighted by atomic mass is 16.3. The highest BCUT2D eigenvalue weighted by Gasteiger charge is 2.59. The lowest BCUT2D eigenvalue weighted by molar-refractivity contribution is -0.187. The van der Waals surface area contributed by atoms with E-state index in [9.17, 15) is 5.11 Å². The summed E-state index contributed by atoms with van der Waals surface area (Å²) in [7, 11) is 0. The van der Waals surface area contributed by atoms with Crippen LogP contribution in [0.3, 0.4) is 0 Å². The summed E-state index contributed by atoms with van der Waals surface area (Å²) in [4.78, 5) is 5.36. The van der Waals surface area contributed by atoms with Crippen molar-refractivity contribution in [2.45, 2.75) is 108 Å². The minimum absolute atomic E-state index is 0.269. The van der Waals surface area contributed by atoms with E-state index in [1.54, 1.807) is 0 Å². The van der Waals surface area contributed by atoms with Crippen LogP contribution >= 0.6 is 0 Å². The number of hydrogen-bond donors (Lipinski definition) is 1. The summed E-state index contributed by atoms with van der Waals surface area (Å²) in [5.74, 6) is 2.81. The number of hydrogen-bond acceptors (Lipinski definition) is 3. The maximum Gasteiger partial charge on any atom is 0.0705 e. The summed E-state index contributed by atoms with van der Waals surface area (Å²) in [6, 6.07) is 0. The fourth-order valence-corrected chi connectivity index (χ4v) is 8.89. The first kappa shape index (κ1) is 21.7. The van der Waals surface area contributed by atoms with E-state index >= 15 is 0 Å². The second-order valence-electron chi connectivity index (χ2n) is 12.2. The maximum absolute atomic E-state index is 12.4.